The first-order valence-electron chi connectivity index (χ1n) is 4.16. The molecule has 1 aliphatic heterocycles. The first-order valence-corrected chi connectivity index (χ1v) is 4.16. The monoisotopic (exact) mass is 169 g/mol. The summed E-state index contributed by atoms with van der Waals surface area (Å²) in [4.78, 5) is 17.1. The molecule has 0 saturated carbocycles. The number of amides is 1. The van der Waals surface area contributed by atoms with Crippen molar-refractivity contribution in [3.05, 3.63) is 0 Å². The molecular formula is C8H15N3O. The third kappa shape index (κ3) is 1.57. The topological polar surface area (TPSA) is 58.7 Å². The van der Waals surface area contributed by atoms with Crippen molar-refractivity contribution in [2.75, 3.05) is 6.54 Å². The predicted molar refractivity (Wildman–Crippen MR) is 47.9 cm³/mol. The molecule has 4 nitrogen and oxygen atoms in total. The predicted octanol–water partition coefficient (Wildman–Crippen LogP) is -0.0173. The summed E-state index contributed by atoms with van der Waals surface area (Å²) in [5.74, 6) is 0.00514. The summed E-state index contributed by atoms with van der Waals surface area (Å²) in [5.41, 5.74) is 5.46. The van der Waals surface area contributed by atoms with Crippen LogP contribution in [0.25, 0.3) is 0 Å². The summed E-state index contributed by atoms with van der Waals surface area (Å²) >= 11 is 0. The summed E-state index contributed by atoms with van der Waals surface area (Å²) in [6.45, 7) is 6.58. The van der Waals surface area contributed by atoms with Crippen LogP contribution in [0.2, 0.25) is 0 Å². The molecule has 1 heterocycles. The van der Waals surface area contributed by atoms with Gasteiger partial charge < -0.3 is 10.6 Å². The van der Waals surface area contributed by atoms with E-state index in [0.29, 0.717) is 6.54 Å². The zero-order chi connectivity index (χ0) is 9.30. The normalized spacial score (nSPS) is 24.7. The number of hydrogen-bond acceptors (Lipinski definition) is 3. The first kappa shape index (κ1) is 9.03. The molecule has 1 amide bonds. The van der Waals surface area contributed by atoms with Gasteiger partial charge in [-0.3, -0.25) is 9.79 Å². The standard InChI is InChI=1S/C8H15N3O/c1-5(2)11-4-6(3)10-7(9)8(11)12/h5-6H,4H2,1-3H3,(H2,9,10). The number of nitrogens with zero attached hydrogens (tertiary/aromatic N) is 2. The van der Waals surface area contributed by atoms with Crippen LogP contribution in [0.3, 0.4) is 0 Å². The van der Waals surface area contributed by atoms with Gasteiger partial charge in [-0.05, 0) is 20.8 Å². The van der Waals surface area contributed by atoms with Crippen molar-refractivity contribution in [3.63, 3.8) is 0 Å². The zero-order valence-corrected chi connectivity index (χ0v) is 7.74. The third-order valence-electron chi connectivity index (χ3n) is 1.92. The van der Waals surface area contributed by atoms with E-state index in [1.165, 1.54) is 0 Å². The Morgan fingerprint density at radius 1 is 1.67 bits per heavy atom. The van der Waals surface area contributed by atoms with E-state index in [1.807, 2.05) is 20.8 Å². The van der Waals surface area contributed by atoms with Gasteiger partial charge in [0.05, 0.1) is 6.04 Å². The maximum atomic E-state index is 11.4. The largest absolute Gasteiger partial charge is 0.379 e. The Labute approximate surface area is 72.4 Å². The van der Waals surface area contributed by atoms with Crippen molar-refractivity contribution < 1.29 is 4.79 Å². The quantitative estimate of drug-likeness (QED) is 0.600. The Kier molecular flexibility index (Phi) is 2.35. The summed E-state index contributed by atoms with van der Waals surface area (Å²) in [6.07, 6.45) is 0. The van der Waals surface area contributed by atoms with Crippen LogP contribution in [-0.4, -0.2) is 35.3 Å². The maximum absolute atomic E-state index is 11.4. The van der Waals surface area contributed by atoms with Gasteiger partial charge in [0.2, 0.25) is 0 Å². The van der Waals surface area contributed by atoms with E-state index in [1.54, 1.807) is 4.90 Å². The van der Waals surface area contributed by atoms with E-state index in [-0.39, 0.29) is 23.8 Å². The number of amidine groups is 1. The van der Waals surface area contributed by atoms with E-state index in [0.717, 1.165) is 0 Å². The van der Waals surface area contributed by atoms with Gasteiger partial charge in [-0.2, -0.15) is 0 Å². The smallest absolute Gasteiger partial charge is 0.289 e. The summed E-state index contributed by atoms with van der Waals surface area (Å²) in [7, 11) is 0. The van der Waals surface area contributed by atoms with Crippen LogP contribution in [0.4, 0.5) is 0 Å². The molecule has 0 saturated heterocycles. The third-order valence-corrected chi connectivity index (χ3v) is 1.92. The SMILES string of the molecule is CC1CN(C(C)C)C(=O)C(N)=N1. The average molecular weight is 169 g/mol. The molecular weight excluding hydrogens is 154 g/mol. The Balaban J connectivity index is 2.82. The summed E-state index contributed by atoms with van der Waals surface area (Å²) in [6, 6.07) is 0.332. The second kappa shape index (κ2) is 3.13. The lowest BCUT2D eigenvalue weighted by molar-refractivity contribution is -0.126. The van der Waals surface area contributed by atoms with Crippen LogP contribution < -0.4 is 5.73 Å². The minimum absolute atomic E-state index is 0.130. The Hall–Kier alpha value is -1.06. The molecule has 0 fully saturated rings. The maximum Gasteiger partial charge on any atom is 0.289 e. The lowest BCUT2D eigenvalue weighted by Gasteiger charge is -2.31. The van der Waals surface area contributed by atoms with E-state index in [4.69, 9.17) is 5.73 Å². The lowest BCUT2D eigenvalue weighted by Crippen LogP contribution is -2.50. The highest BCUT2D eigenvalue weighted by molar-refractivity contribution is 6.37. The highest BCUT2D eigenvalue weighted by atomic mass is 16.2. The van der Waals surface area contributed by atoms with Gasteiger partial charge in [0.15, 0.2) is 5.84 Å². The number of carbonyl (C=O) groups is 1. The van der Waals surface area contributed by atoms with Crippen LogP contribution in [0.1, 0.15) is 20.8 Å². The molecule has 0 aromatic rings. The van der Waals surface area contributed by atoms with Gasteiger partial charge in [-0.15, -0.1) is 0 Å². The zero-order valence-electron chi connectivity index (χ0n) is 7.74. The number of carbonyl (C=O) groups excluding carboxylic acids is 1. The molecule has 1 atom stereocenters. The number of nitrogens with two attached hydrogens (primary N) is 1. The van der Waals surface area contributed by atoms with Crippen LogP contribution in [-0.2, 0) is 4.79 Å². The number of hydrogen-bond donors (Lipinski definition) is 1. The van der Waals surface area contributed by atoms with Crippen molar-refractivity contribution in [3.8, 4) is 0 Å². The van der Waals surface area contributed by atoms with Gasteiger partial charge in [0.1, 0.15) is 0 Å². The molecule has 1 unspecified atom stereocenters. The van der Waals surface area contributed by atoms with Gasteiger partial charge >= 0.3 is 0 Å². The molecule has 2 N–H and O–H groups in total. The molecule has 0 bridgehead atoms. The molecule has 1 rings (SSSR count). The van der Waals surface area contributed by atoms with Crippen molar-refractivity contribution >= 4 is 11.7 Å². The molecule has 0 aromatic carbocycles. The van der Waals surface area contributed by atoms with Crippen LogP contribution in [0.15, 0.2) is 4.99 Å². The molecule has 0 spiro atoms. The lowest BCUT2D eigenvalue weighted by atomic mass is 10.2. The molecule has 12 heavy (non-hydrogen) atoms. The van der Waals surface area contributed by atoms with E-state index < -0.39 is 0 Å². The summed E-state index contributed by atoms with van der Waals surface area (Å²) in [5, 5.41) is 0. The van der Waals surface area contributed by atoms with Gasteiger partial charge in [-0.25, -0.2) is 0 Å². The Morgan fingerprint density at radius 3 is 2.75 bits per heavy atom. The van der Waals surface area contributed by atoms with E-state index in [2.05, 4.69) is 4.99 Å². The minimum Gasteiger partial charge on any atom is -0.379 e. The highest BCUT2D eigenvalue weighted by Gasteiger charge is 2.26. The second-order valence-corrected chi connectivity index (χ2v) is 3.41. The fourth-order valence-corrected chi connectivity index (χ4v) is 1.29. The van der Waals surface area contributed by atoms with Crippen molar-refractivity contribution in [1.82, 2.24) is 4.90 Å². The molecule has 0 aromatic heterocycles. The van der Waals surface area contributed by atoms with Gasteiger partial charge in [0, 0.05) is 12.6 Å². The first-order chi connectivity index (χ1) is 5.52. The van der Waals surface area contributed by atoms with Crippen LogP contribution in [0, 0.1) is 0 Å². The molecule has 68 valence electrons. The molecule has 1 aliphatic rings. The van der Waals surface area contributed by atoms with E-state index in [9.17, 15) is 4.79 Å². The van der Waals surface area contributed by atoms with Crippen molar-refractivity contribution in [2.45, 2.75) is 32.9 Å². The number of aliphatic imine (C=N–C) groups is 1. The van der Waals surface area contributed by atoms with Gasteiger partial charge in [0.25, 0.3) is 5.91 Å². The Morgan fingerprint density at radius 2 is 2.25 bits per heavy atom. The average Bonchev–Trinajstić information content (AvgIpc) is 1.96. The van der Waals surface area contributed by atoms with Crippen LogP contribution >= 0.6 is 0 Å². The van der Waals surface area contributed by atoms with Crippen molar-refractivity contribution in [1.29, 1.82) is 0 Å². The molecule has 0 radical (unpaired) electrons. The van der Waals surface area contributed by atoms with Crippen LogP contribution in [0.5, 0.6) is 0 Å². The minimum atomic E-state index is -0.136. The number of rotatable bonds is 1. The Bertz CT molecular complexity index is 222. The summed E-state index contributed by atoms with van der Waals surface area (Å²) < 4.78 is 0. The second-order valence-electron chi connectivity index (χ2n) is 3.41. The van der Waals surface area contributed by atoms with Gasteiger partial charge in [-0.1, -0.05) is 0 Å². The fourth-order valence-electron chi connectivity index (χ4n) is 1.29. The highest BCUT2D eigenvalue weighted by Crippen LogP contribution is 2.08. The fraction of sp³-hybridized carbons (Fsp3) is 0.750. The van der Waals surface area contributed by atoms with E-state index >= 15 is 0 Å². The molecule has 0 aliphatic carbocycles. The van der Waals surface area contributed by atoms with Crippen molar-refractivity contribution in [2.24, 2.45) is 10.7 Å². The molecule has 4 heteroatoms.